The molecule has 0 aliphatic heterocycles. The molecule has 0 radical (unpaired) electrons. The molecule has 0 spiro atoms. The normalized spacial score (nSPS) is 30.0. The van der Waals surface area contributed by atoms with E-state index in [9.17, 15) is 0 Å². The molecule has 0 unspecified atom stereocenters. The van der Waals surface area contributed by atoms with Crippen molar-refractivity contribution in [2.45, 2.75) is 51.5 Å². The van der Waals surface area contributed by atoms with Gasteiger partial charge in [0.1, 0.15) is 0 Å². The maximum atomic E-state index is 5.83. The van der Waals surface area contributed by atoms with E-state index in [0.29, 0.717) is 16.9 Å². The van der Waals surface area contributed by atoms with E-state index in [4.69, 9.17) is 16.3 Å². The Kier molecular flexibility index (Phi) is 3.42. The first-order chi connectivity index (χ1) is 5.47. The Balaban J connectivity index is 1.97. The van der Waals surface area contributed by atoms with Crippen molar-refractivity contribution < 1.29 is 4.74 Å². The Morgan fingerprint density at radius 1 is 1.33 bits per heavy atom. The van der Waals surface area contributed by atoms with Crippen LogP contribution in [0.25, 0.3) is 0 Å². The Hall–Kier alpha value is 0.250. The Bertz CT molecular complexity index is 133. The second kappa shape index (κ2) is 3.97. The third-order valence-corrected chi connectivity index (χ3v) is 2.60. The number of alkyl halides is 1. The van der Waals surface area contributed by atoms with Gasteiger partial charge in [0.15, 0.2) is 0 Å². The molecular weight excluding hydrogens is 172 g/mol. The van der Waals surface area contributed by atoms with E-state index in [2.05, 4.69) is 20.8 Å². The van der Waals surface area contributed by atoms with Crippen molar-refractivity contribution in [3.63, 3.8) is 0 Å². The fraction of sp³-hybridized carbons (Fsp3) is 1.00. The third-order valence-electron chi connectivity index (χ3n) is 2.24. The van der Waals surface area contributed by atoms with Gasteiger partial charge in [-0.3, -0.25) is 0 Å². The van der Waals surface area contributed by atoms with Gasteiger partial charge in [0, 0.05) is 12.0 Å². The van der Waals surface area contributed by atoms with Crippen LogP contribution in [-0.4, -0.2) is 18.1 Å². The highest BCUT2D eigenvalue weighted by Crippen LogP contribution is 2.29. The highest BCUT2D eigenvalue weighted by molar-refractivity contribution is 6.21. The SMILES string of the molecule is CC(C)(C)CCOC1CC(Cl)C1. The zero-order chi connectivity index (χ0) is 9.19. The number of hydrogen-bond donors (Lipinski definition) is 0. The van der Waals surface area contributed by atoms with E-state index < -0.39 is 0 Å². The molecule has 0 saturated heterocycles. The molecule has 0 aromatic heterocycles. The number of halogens is 1. The van der Waals surface area contributed by atoms with Crippen LogP contribution in [0.3, 0.4) is 0 Å². The lowest BCUT2D eigenvalue weighted by atomic mass is 9.92. The quantitative estimate of drug-likeness (QED) is 0.621. The van der Waals surface area contributed by atoms with Crippen molar-refractivity contribution in [1.29, 1.82) is 0 Å². The average Bonchev–Trinajstić information content (AvgIpc) is 1.81. The first-order valence-corrected chi connectivity index (χ1v) is 5.17. The van der Waals surface area contributed by atoms with Crippen LogP contribution in [0.15, 0.2) is 0 Å². The largest absolute Gasteiger partial charge is 0.378 e. The molecule has 0 N–H and O–H groups in total. The second-order valence-electron chi connectivity index (χ2n) is 4.87. The second-order valence-corrected chi connectivity index (χ2v) is 5.49. The number of rotatable bonds is 3. The minimum atomic E-state index is 0.379. The average molecular weight is 191 g/mol. The molecule has 1 saturated carbocycles. The highest BCUT2D eigenvalue weighted by atomic mass is 35.5. The standard InChI is InChI=1S/C10H19ClO/c1-10(2,3)4-5-12-9-6-8(11)7-9/h8-9H,4-7H2,1-3H3. The molecule has 2 heteroatoms. The first kappa shape index (κ1) is 10.3. The lowest BCUT2D eigenvalue weighted by Gasteiger charge is -2.31. The fourth-order valence-corrected chi connectivity index (χ4v) is 1.57. The van der Waals surface area contributed by atoms with Gasteiger partial charge < -0.3 is 4.74 Å². The number of hydrogen-bond acceptors (Lipinski definition) is 1. The summed E-state index contributed by atoms with van der Waals surface area (Å²) in [5, 5.41) is 0.379. The van der Waals surface area contributed by atoms with Crippen molar-refractivity contribution >= 4 is 11.6 Å². The molecule has 1 rings (SSSR count). The molecule has 0 aromatic carbocycles. The summed E-state index contributed by atoms with van der Waals surface area (Å²) in [7, 11) is 0. The Morgan fingerprint density at radius 3 is 2.33 bits per heavy atom. The van der Waals surface area contributed by atoms with Gasteiger partial charge in [-0.15, -0.1) is 11.6 Å². The summed E-state index contributed by atoms with van der Waals surface area (Å²) < 4.78 is 5.64. The maximum absolute atomic E-state index is 5.83. The molecule has 1 aliphatic rings. The molecule has 0 atom stereocenters. The molecule has 0 aromatic rings. The van der Waals surface area contributed by atoms with Gasteiger partial charge in [0.2, 0.25) is 0 Å². The molecule has 12 heavy (non-hydrogen) atoms. The van der Waals surface area contributed by atoms with Crippen LogP contribution < -0.4 is 0 Å². The van der Waals surface area contributed by atoms with Crippen molar-refractivity contribution in [3.05, 3.63) is 0 Å². The molecule has 1 nitrogen and oxygen atoms in total. The summed E-state index contributed by atoms with van der Waals surface area (Å²) in [5.41, 5.74) is 0.393. The Morgan fingerprint density at radius 2 is 1.92 bits per heavy atom. The summed E-state index contributed by atoms with van der Waals surface area (Å²) in [6, 6.07) is 0. The third kappa shape index (κ3) is 3.77. The van der Waals surface area contributed by atoms with Crippen molar-refractivity contribution in [1.82, 2.24) is 0 Å². The van der Waals surface area contributed by atoms with Gasteiger partial charge in [-0.05, 0) is 24.7 Å². The van der Waals surface area contributed by atoms with E-state index >= 15 is 0 Å². The lowest BCUT2D eigenvalue weighted by Crippen LogP contribution is -2.32. The smallest absolute Gasteiger partial charge is 0.0603 e. The van der Waals surface area contributed by atoms with Crippen molar-refractivity contribution in [2.24, 2.45) is 5.41 Å². The zero-order valence-electron chi connectivity index (χ0n) is 8.27. The molecule has 0 bridgehead atoms. The van der Waals surface area contributed by atoms with E-state index in [-0.39, 0.29) is 0 Å². The van der Waals surface area contributed by atoms with Crippen molar-refractivity contribution in [3.8, 4) is 0 Å². The topological polar surface area (TPSA) is 9.23 Å². The van der Waals surface area contributed by atoms with Crippen LogP contribution in [-0.2, 0) is 4.74 Å². The van der Waals surface area contributed by atoms with E-state index in [1.165, 1.54) is 0 Å². The van der Waals surface area contributed by atoms with Crippen LogP contribution >= 0.6 is 11.6 Å². The molecular formula is C10H19ClO. The van der Waals surface area contributed by atoms with Gasteiger partial charge in [0.25, 0.3) is 0 Å². The summed E-state index contributed by atoms with van der Waals surface area (Å²) >= 11 is 5.83. The first-order valence-electron chi connectivity index (χ1n) is 4.73. The van der Waals surface area contributed by atoms with E-state index in [0.717, 1.165) is 25.9 Å². The maximum Gasteiger partial charge on any atom is 0.0603 e. The monoisotopic (exact) mass is 190 g/mol. The van der Waals surface area contributed by atoms with Crippen LogP contribution in [0, 0.1) is 5.41 Å². The van der Waals surface area contributed by atoms with Gasteiger partial charge in [-0.1, -0.05) is 20.8 Å². The molecule has 1 fully saturated rings. The van der Waals surface area contributed by atoms with Crippen molar-refractivity contribution in [2.75, 3.05) is 6.61 Å². The fourth-order valence-electron chi connectivity index (χ4n) is 1.17. The minimum Gasteiger partial charge on any atom is -0.378 e. The Labute approximate surface area is 80.4 Å². The van der Waals surface area contributed by atoms with Gasteiger partial charge >= 0.3 is 0 Å². The van der Waals surface area contributed by atoms with Crippen LogP contribution in [0.5, 0.6) is 0 Å². The van der Waals surface area contributed by atoms with Crippen LogP contribution in [0.2, 0.25) is 0 Å². The molecule has 72 valence electrons. The van der Waals surface area contributed by atoms with E-state index in [1.807, 2.05) is 0 Å². The van der Waals surface area contributed by atoms with Gasteiger partial charge in [-0.2, -0.15) is 0 Å². The lowest BCUT2D eigenvalue weighted by molar-refractivity contribution is -0.00577. The van der Waals surface area contributed by atoms with Crippen LogP contribution in [0.1, 0.15) is 40.0 Å². The predicted molar refractivity (Wildman–Crippen MR) is 52.7 cm³/mol. The van der Waals surface area contributed by atoms with Crippen LogP contribution in [0.4, 0.5) is 0 Å². The van der Waals surface area contributed by atoms with Gasteiger partial charge in [0.05, 0.1) is 6.10 Å². The summed E-state index contributed by atoms with van der Waals surface area (Å²) in [4.78, 5) is 0. The minimum absolute atomic E-state index is 0.379. The van der Waals surface area contributed by atoms with Gasteiger partial charge in [-0.25, -0.2) is 0 Å². The highest BCUT2D eigenvalue weighted by Gasteiger charge is 2.27. The summed E-state index contributed by atoms with van der Waals surface area (Å²) in [5.74, 6) is 0. The van der Waals surface area contributed by atoms with E-state index in [1.54, 1.807) is 0 Å². The molecule has 1 aliphatic carbocycles. The number of ether oxygens (including phenoxy) is 1. The molecule has 0 amide bonds. The summed E-state index contributed by atoms with van der Waals surface area (Å²) in [6.07, 6.45) is 3.68. The predicted octanol–water partition coefficient (Wildman–Crippen LogP) is 3.21. The summed E-state index contributed by atoms with van der Waals surface area (Å²) in [6.45, 7) is 7.60. The zero-order valence-corrected chi connectivity index (χ0v) is 9.03. The molecule has 0 heterocycles.